The van der Waals surface area contributed by atoms with Gasteiger partial charge in [-0.05, 0) is 110 Å². The molecule has 0 aromatic rings. The van der Waals surface area contributed by atoms with Gasteiger partial charge in [0.1, 0.15) is 0 Å². The third kappa shape index (κ3) is 1.77. The molecule has 0 aromatic carbocycles. The molecule has 7 atom stereocenters. The number of rotatable bonds is 2. The number of hydrogen-bond acceptors (Lipinski definition) is 2. The van der Waals surface area contributed by atoms with Crippen LogP contribution in [0.25, 0.3) is 0 Å². The van der Waals surface area contributed by atoms with E-state index in [4.69, 9.17) is 0 Å². The molecule has 5 aliphatic carbocycles. The normalized spacial score (nSPS) is 53.7. The topological polar surface area (TPSA) is 29.1 Å². The molecule has 26 heavy (non-hydrogen) atoms. The maximum absolute atomic E-state index is 12.3. The smallest absolute Gasteiger partial charge is 0.156 e. The van der Waals surface area contributed by atoms with Gasteiger partial charge < -0.3 is 5.32 Å². The van der Waals surface area contributed by atoms with Crippen LogP contribution < -0.4 is 5.32 Å². The summed E-state index contributed by atoms with van der Waals surface area (Å²) in [6, 6.07) is 0.679. The van der Waals surface area contributed by atoms with Gasteiger partial charge in [0.2, 0.25) is 0 Å². The van der Waals surface area contributed by atoms with Crippen molar-refractivity contribution >= 4 is 5.78 Å². The Hall–Kier alpha value is -0.630. The van der Waals surface area contributed by atoms with Crippen molar-refractivity contribution in [3.05, 3.63) is 11.6 Å². The first kappa shape index (κ1) is 17.5. The van der Waals surface area contributed by atoms with Crippen molar-refractivity contribution in [3.63, 3.8) is 0 Å². The minimum Gasteiger partial charge on any atom is -0.316 e. The van der Waals surface area contributed by atoms with Gasteiger partial charge in [0.15, 0.2) is 5.78 Å². The van der Waals surface area contributed by atoms with Crippen LogP contribution in [-0.4, -0.2) is 18.9 Å². The molecule has 0 saturated heterocycles. The molecule has 0 bridgehead atoms. The third-order valence-electron chi connectivity index (χ3n) is 10.6. The fraction of sp³-hybridized carbons (Fsp3) is 0.875. The first-order valence-electron chi connectivity index (χ1n) is 11.1. The Morgan fingerprint density at radius 2 is 1.81 bits per heavy atom. The lowest BCUT2D eigenvalue weighted by molar-refractivity contribution is -0.117. The number of fused-ring (bicyclic) bond motifs is 2. The predicted molar refractivity (Wildman–Crippen MR) is 106 cm³/mol. The van der Waals surface area contributed by atoms with E-state index in [-0.39, 0.29) is 5.41 Å². The number of carbonyl (C=O) groups excluding carboxylic acids is 1. The van der Waals surface area contributed by atoms with Gasteiger partial charge in [0.25, 0.3) is 0 Å². The van der Waals surface area contributed by atoms with E-state index >= 15 is 0 Å². The SMILES string of the molecule is CNC1CCC23CC24CCC2(C)C(C(C)=O)=CCC2C4CCC3C1(C)C. The highest BCUT2D eigenvalue weighted by Gasteiger charge is 2.79. The van der Waals surface area contributed by atoms with Crippen molar-refractivity contribution in [1.29, 1.82) is 0 Å². The Bertz CT molecular complexity index is 692. The first-order chi connectivity index (χ1) is 12.2. The van der Waals surface area contributed by atoms with Crippen LogP contribution in [0.3, 0.4) is 0 Å². The molecule has 5 rings (SSSR count). The summed E-state index contributed by atoms with van der Waals surface area (Å²) in [5, 5.41) is 3.65. The zero-order chi connectivity index (χ0) is 18.5. The molecule has 2 nitrogen and oxygen atoms in total. The largest absolute Gasteiger partial charge is 0.316 e. The monoisotopic (exact) mass is 355 g/mol. The molecule has 0 aromatic heterocycles. The molecular formula is C24H37NO. The van der Waals surface area contributed by atoms with Gasteiger partial charge in [-0.25, -0.2) is 0 Å². The second-order valence-corrected chi connectivity index (χ2v) is 11.4. The lowest BCUT2D eigenvalue weighted by Crippen LogP contribution is -2.56. The second-order valence-electron chi connectivity index (χ2n) is 11.4. The van der Waals surface area contributed by atoms with Crippen molar-refractivity contribution in [2.75, 3.05) is 7.05 Å². The van der Waals surface area contributed by atoms with E-state index < -0.39 is 0 Å². The molecule has 2 heteroatoms. The lowest BCUT2D eigenvalue weighted by Gasteiger charge is -2.59. The highest BCUT2D eigenvalue weighted by Crippen LogP contribution is 2.86. The van der Waals surface area contributed by atoms with Crippen LogP contribution in [0.4, 0.5) is 0 Å². The molecule has 4 saturated carbocycles. The highest BCUT2D eigenvalue weighted by molar-refractivity contribution is 5.95. The minimum atomic E-state index is 0.177. The minimum absolute atomic E-state index is 0.177. The number of Topliss-reactive ketones (excluding diaryl/α,β-unsaturated/α-hetero) is 1. The maximum Gasteiger partial charge on any atom is 0.156 e. The van der Waals surface area contributed by atoms with Crippen molar-refractivity contribution in [3.8, 4) is 0 Å². The number of allylic oxidation sites excluding steroid dienone is 2. The summed E-state index contributed by atoms with van der Waals surface area (Å²) in [6.45, 7) is 9.31. The van der Waals surface area contributed by atoms with E-state index in [9.17, 15) is 4.79 Å². The molecule has 0 amide bonds. The van der Waals surface area contributed by atoms with Gasteiger partial charge in [0.05, 0.1) is 0 Å². The van der Waals surface area contributed by atoms with Gasteiger partial charge in [-0.1, -0.05) is 26.8 Å². The summed E-state index contributed by atoms with van der Waals surface area (Å²) in [5.74, 6) is 2.83. The third-order valence-corrected chi connectivity index (χ3v) is 10.6. The number of carbonyl (C=O) groups is 1. The van der Waals surface area contributed by atoms with E-state index in [0.29, 0.717) is 28.1 Å². The number of hydrogen-bond donors (Lipinski definition) is 1. The summed E-state index contributed by atoms with van der Waals surface area (Å²) in [5.41, 5.74) is 3.02. The van der Waals surface area contributed by atoms with E-state index in [1.807, 2.05) is 0 Å². The van der Waals surface area contributed by atoms with Crippen LogP contribution in [0, 0.1) is 39.4 Å². The molecule has 0 radical (unpaired) electrons. The van der Waals surface area contributed by atoms with Gasteiger partial charge in [0, 0.05) is 6.04 Å². The summed E-state index contributed by atoms with van der Waals surface area (Å²) >= 11 is 0. The Labute approximate surface area is 159 Å². The molecule has 4 fully saturated rings. The number of nitrogens with one attached hydrogen (secondary N) is 1. The second kappa shape index (κ2) is 5.04. The van der Waals surface area contributed by atoms with Gasteiger partial charge in [-0.3, -0.25) is 4.79 Å². The molecule has 144 valence electrons. The van der Waals surface area contributed by atoms with Crippen molar-refractivity contribution in [2.24, 2.45) is 39.4 Å². The quantitative estimate of drug-likeness (QED) is 0.744. The molecule has 1 N–H and O–H groups in total. The first-order valence-corrected chi connectivity index (χ1v) is 11.1. The van der Waals surface area contributed by atoms with Gasteiger partial charge >= 0.3 is 0 Å². The molecule has 0 heterocycles. The Morgan fingerprint density at radius 1 is 1.04 bits per heavy atom. The number of ketones is 1. The van der Waals surface area contributed by atoms with E-state index in [2.05, 4.69) is 39.2 Å². The van der Waals surface area contributed by atoms with Crippen molar-refractivity contribution in [2.45, 2.75) is 85.1 Å². The summed E-state index contributed by atoms with van der Waals surface area (Å²) in [6.07, 6.45) is 13.3. The fourth-order valence-electron chi connectivity index (χ4n) is 9.52. The lowest BCUT2D eigenvalue weighted by atomic mass is 9.46. The predicted octanol–water partition coefficient (Wildman–Crippen LogP) is 5.13. The van der Waals surface area contributed by atoms with Crippen LogP contribution in [0.1, 0.15) is 79.1 Å². The summed E-state index contributed by atoms with van der Waals surface area (Å²) < 4.78 is 0. The van der Waals surface area contributed by atoms with Gasteiger partial charge in [-0.2, -0.15) is 0 Å². The standard InChI is InChI=1S/C24H37NO/c1-15(26)16-6-7-17-18-8-9-19-21(2,3)20(25-5)10-11-24(19)14-23(18,24)13-12-22(16,17)4/h6,17-20,25H,7-14H2,1-5H3. The fourth-order valence-corrected chi connectivity index (χ4v) is 9.52. The molecule has 7 unspecified atom stereocenters. The molecule has 0 aliphatic heterocycles. The average molecular weight is 356 g/mol. The molecular weight excluding hydrogens is 318 g/mol. The Morgan fingerprint density at radius 3 is 2.50 bits per heavy atom. The average Bonchev–Trinajstić information content (AvgIpc) is 3.10. The Kier molecular flexibility index (Phi) is 3.39. The molecule has 2 spiro atoms. The van der Waals surface area contributed by atoms with E-state index in [1.54, 1.807) is 6.92 Å². The van der Waals surface area contributed by atoms with Crippen LogP contribution in [0.15, 0.2) is 11.6 Å². The Balaban J connectivity index is 1.49. The van der Waals surface area contributed by atoms with E-state index in [1.165, 1.54) is 56.9 Å². The highest BCUT2D eigenvalue weighted by atomic mass is 16.1. The summed E-state index contributed by atoms with van der Waals surface area (Å²) in [4.78, 5) is 12.3. The van der Waals surface area contributed by atoms with Crippen LogP contribution in [0.5, 0.6) is 0 Å². The molecule has 5 aliphatic rings. The maximum atomic E-state index is 12.3. The van der Waals surface area contributed by atoms with Crippen LogP contribution >= 0.6 is 0 Å². The van der Waals surface area contributed by atoms with Gasteiger partial charge in [-0.15, -0.1) is 0 Å². The summed E-state index contributed by atoms with van der Waals surface area (Å²) in [7, 11) is 2.16. The van der Waals surface area contributed by atoms with Crippen LogP contribution in [-0.2, 0) is 4.79 Å². The van der Waals surface area contributed by atoms with E-state index in [0.717, 1.165) is 17.8 Å². The zero-order valence-electron chi connectivity index (χ0n) is 17.5. The van der Waals surface area contributed by atoms with Crippen molar-refractivity contribution in [1.82, 2.24) is 5.32 Å². The zero-order valence-corrected chi connectivity index (χ0v) is 17.5. The van der Waals surface area contributed by atoms with Crippen LogP contribution in [0.2, 0.25) is 0 Å². The van der Waals surface area contributed by atoms with Crippen molar-refractivity contribution < 1.29 is 4.79 Å².